The van der Waals surface area contributed by atoms with Crippen molar-refractivity contribution in [3.05, 3.63) is 53.6 Å². The van der Waals surface area contributed by atoms with E-state index in [4.69, 9.17) is 4.74 Å². The van der Waals surface area contributed by atoms with E-state index >= 15 is 0 Å². The summed E-state index contributed by atoms with van der Waals surface area (Å²) in [4.78, 5) is 28.7. The van der Waals surface area contributed by atoms with Crippen LogP contribution >= 0.6 is 0 Å². The Morgan fingerprint density at radius 1 is 1.23 bits per heavy atom. The number of piperazine rings is 1. The molecular weight excluding hydrogens is 332 g/mol. The van der Waals surface area contributed by atoms with E-state index < -0.39 is 0 Å². The molecule has 136 valence electrons. The molecule has 0 aliphatic carbocycles. The van der Waals surface area contributed by atoms with Gasteiger partial charge in [-0.15, -0.1) is 0 Å². The molecule has 0 spiro atoms. The highest BCUT2D eigenvalue weighted by molar-refractivity contribution is 6.03. The number of aryl methyl sites for hydroxylation is 1. The number of carbonyl (C=O) groups excluding carboxylic acids is 2. The van der Waals surface area contributed by atoms with Gasteiger partial charge >= 0.3 is 0 Å². The molecule has 1 saturated heterocycles. The zero-order chi connectivity index (χ0) is 18.8. The fourth-order valence-electron chi connectivity index (χ4n) is 3.14. The van der Waals surface area contributed by atoms with Gasteiger partial charge in [0.15, 0.2) is 0 Å². The van der Waals surface area contributed by atoms with Gasteiger partial charge in [-0.05, 0) is 43.7 Å². The molecule has 0 bridgehead atoms. The summed E-state index contributed by atoms with van der Waals surface area (Å²) in [7, 11) is 1.49. The molecule has 0 aromatic heterocycles. The maximum absolute atomic E-state index is 12.8. The van der Waals surface area contributed by atoms with Crippen LogP contribution in [-0.4, -0.2) is 48.1 Å². The average molecular weight is 354 g/mol. The Labute approximate surface area is 152 Å². The van der Waals surface area contributed by atoms with Crippen molar-refractivity contribution in [3.63, 3.8) is 0 Å². The van der Waals surface area contributed by atoms with E-state index in [0.717, 1.165) is 11.3 Å². The van der Waals surface area contributed by atoms with Crippen LogP contribution in [0.3, 0.4) is 0 Å². The van der Waals surface area contributed by atoms with Gasteiger partial charge in [0, 0.05) is 24.3 Å². The number of phenolic OH excluding ortho intramolecular Hbond substituents is 1. The fourth-order valence-corrected chi connectivity index (χ4v) is 3.14. The smallest absolute Gasteiger partial charge is 0.258 e. The Kier molecular flexibility index (Phi) is 4.84. The van der Waals surface area contributed by atoms with Gasteiger partial charge in [0.05, 0.1) is 12.7 Å². The number of anilines is 1. The van der Waals surface area contributed by atoms with Crippen molar-refractivity contribution in [2.75, 3.05) is 25.1 Å². The molecule has 0 radical (unpaired) electrons. The molecule has 1 atom stereocenters. The Morgan fingerprint density at radius 3 is 2.65 bits per heavy atom. The Hall–Kier alpha value is -3.02. The molecule has 1 heterocycles. The summed E-state index contributed by atoms with van der Waals surface area (Å²) in [5, 5.41) is 10.1. The SMILES string of the molecule is COc1ccc(C(=O)N2CC(=O)N(c3cccc(C)c3)CC2C)c(O)c1. The van der Waals surface area contributed by atoms with Crippen molar-refractivity contribution in [2.24, 2.45) is 0 Å². The van der Waals surface area contributed by atoms with Crippen LogP contribution in [0, 0.1) is 6.92 Å². The van der Waals surface area contributed by atoms with Gasteiger partial charge in [-0.1, -0.05) is 12.1 Å². The summed E-state index contributed by atoms with van der Waals surface area (Å²) in [5.74, 6) is -0.201. The van der Waals surface area contributed by atoms with Crippen LogP contribution in [0.25, 0.3) is 0 Å². The summed E-state index contributed by atoms with van der Waals surface area (Å²) in [5.41, 5.74) is 2.07. The molecule has 2 aromatic rings. The number of amides is 2. The summed E-state index contributed by atoms with van der Waals surface area (Å²) in [6.45, 7) is 4.25. The van der Waals surface area contributed by atoms with Gasteiger partial charge in [0.1, 0.15) is 18.0 Å². The maximum Gasteiger partial charge on any atom is 0.258 e. The minimum Gasteiger partial charge on any atom is -0.507 e. The monoisotopic (exact) mass is 354 g/mol. The largest absolute Gasteiger partial charge is 0.507 e. The van der Waals surface area contributed by atoms with E-state index in [1.807, 2.05) is 38.1 Å². The number of methoxy groups -OCH3 is 1. The highest BCUT2D eigenvalue weighted by atomic mass is 16.5. The third kappa shape index (κ3) is 3.35. The summed E-state index contributed by atoms with van der Waals surface area (Å²) < 4.78 is 5.04. The molecule has 2 amide bonds. The number of hydrogen-bond acceptors (Lipinski definition) is 4. The molecule has 1 N–H and O–H groups in total. The van der Waals surface area contributed by atoms with Crippen LogP contribution in [-0.2, 0) is 4.79 Å². The van der Waals surface area contributed by atoms with E-state index in [-0.39, 0.29) is 35.7 Å². The number of hydrogen-bond donors (Lipinski definition) is 1. The second-order valence-electron chi connectivity index (χ2n) is 6.51. The number of nitrogens with zero attached hydrogens (tertiary/aromatic N) is 2. The van der Waals surface area contributed by atoms with Crippen LogP contribution in [0.5, 0.6) is 11.5 Å². The van der Waals surface area contributed by atoms with Gasteiger partial charge in [-0.3, -0.25) is 9.59 Å². The summed E-state index contributed by atoms with van der Waals surface area (Å²) in [6, 6.07) is 12.1. The Morgan fingerprint density at radius 2 is 2.00 bits per heavy atom. The minimum atomic E-state index is -0.366. The number of benzene rings is 2. The zero-order valence-electron chi connectivity index (χ0n) is 15.1. The highest BCUT2D eigenvalue weighted by Gasteiger charge is 2.34. The van der Waals surface area contributed by atoms with E-state index in [1.54, 1.807) is 11.0 Å². The predicted octanol–water partition coefficient (Wildman–Crippen LogP) is 2.59. The van der Waals surface area contributed by atoms with Gasteiger partial charge in [-0.25, -0.2) is 0 Å². The maximum atomic E-state index is 12.8. The first-order valence-electron chi connectivity index (χ1n) is 8.45. The first-order chi connectivity index (χ1) is 12.4. The molecular formula is C20H22N2O4. The third-order valence-electron chi connectivity index (χ3n) is 4.60. The van der Waals surface area contributed by atoms with Crippen LogP contribution in [0.1, 0.15) is 22.8 Å². The van der Waals surface area contributed by atoms with E-state index in [2.05, 4.69) is 0 Å². The molecule has 2 aromatic carbocycles. The normalized spacial score (nSPS) is 17.3. The van der Waals surface area contributed by atoms with Crippen molar-refractivity contribution in [1.29, 1.82) is 0 Å². The van der Waals surface area contributed by atoms with Gasteiger partial charge < -0.3 is 19.6 Å². The first-order valence-corrected chi connectivity index (χ1v) is 8.45. The third-order valence-corrected chi connectivity index (χ3v) is 4.60. The molecule has 1 fully saturated rings. The van der Waals surface area contributed by atoms with Gasteiger partial charge in [0.25, 0.3) is 5.91 Å². The lowest BCUT2D eigenvalue weighted by atomic mass is 10.1. The average Bonchev–Trinajstić information content (AvgIpc) is 2.62. The minimum absolute atomic E-state index is 0.0284. The number of ether oxygens (including phenoxy) is 1. The van der Waals surface area contributed by atoms with Crippen LogP contribution in [0.2, 0.25) is 0 Å². The first kappa shape index (κ1) is 17.8. The predicted molar refractivity (Wildman–Crippen MR) is 98.7 cm³/mol. The number of carbonyl (C=O) groups is 2. The number of phenols is 1. The number of aromatic hydroxyl groups is 1. The van der Waals surface area contributed by atoms with E-state index in [9.17, 15) is 14.7 Å². The molecule has 1 aliphatic rings. The fraction of sp³-hybridized carbons (Fsp3) is 0.300. The van der Waals surface area contributed by atoms with Crippen molar-refractivity contribution < 1.29 is 19.4 Å². The molecule has 3 rings (SSSR count). The second kappa shape index (κ2) is 7.07. The molecule has 0 saturated carbocycles. The van der Waals surface area contributed by atoms with E-state index in [0.29, 0.717) is 12.3 Å². The van der Waals surface area contributed by atoms with Crippen molar-refractivity contribution in [3.8, 4) is 11.5 Å². The lowest BCUT2D eigenvalue weighted by Crippen LogP contribution is -2.57. The topological polar surface area (TPSA) is 70.1 Å². The summed E-state index contributed by atoms with van der Waals surface area (Å²) in [6.07, 6.45) is 0. The van der Waals surface area contributed by atoms with Crippen LogP contribution in [0.15, 0.2) is 42.5 Å². The highest BCUT2D eigenvalue weighted by Crippen LogP contribution is 2.27. The van der Waals surface area contributed by atoms with Crippen molar-refractivity contribution in [1.82, 2.24) is 4.90 Å². The summed E-state index contributed by atoms with van der Waals surface area (Å²) >= 11 is 0. The zero-order valence-corrected chi connectivity index (χ0v) is 15.1. The van der Waals surface area contributed by atoms with E-state index in [1.165, 1.54) is 24.1 Å². The Balaban J connectivity index is 1.81. The molecule has 1 aliphatic heterocycles. The van der Waals surface area contributed by atoms with Gasteiger partial charge in [0.2, 0.25) is 5.91 Å². The second-order valence-corrected chi connectivity index (χ2v) is 6.51. The standard InChI is InChI=1S/C20H22N2O4/c1-13-5-4-6-15(9-13)22-11-14(2)21(12-19(22)24)20(25)17-8-7-16(26-3)10-18(17)23/h4-10,14,23H,11-12H2,1-3H3. The van der Waals surface area contributed by atoms with Crippen molar-refractivity contribution in [2.45, 2.75) is 19.9 Å². The van der Waals surface area contributed by atoms with Crippen molar-refractivity contribution >= 4 is 17.5 Å². The Bertz CT molecular complexity index is 849. The number of rotatable bonds is 3. The molecule has 6 heteroatoms. The molecule has 26 heavy (non-hydrogen) atoms. The molecule has 6 nitrogen and oxygen atoms in total. The van der Waals surface area contributed by atoms with Crippen LogP contribution in [0.4, 0.5) is 5.69 Å². The van der Waals surface area contributed by atoms with Crippen LogP contribution < -0.4 is 9.64 Å². The van der Waals surface area contributed by atoms with Gasteiger partial charge in [-0.2, -0.15) is 0 Å². The molecule has 1 unspecified atom stereocenters. The lowest BCUT2D eigenvalue weighted by molar-refractivity contribution is -0.121. The quantitative estimate of drug-likeness (QED) is 0.920. The lowest BCUT2D eigenvalue weighted by Gasteiger charge is -2.39.